The number of benzene rings is 1. The minimum Gasteiger partial charge on any atom is -0.445 e. The molecule has 2 aliphatic rings. The third kappa shape index (κ3) is 3.93. The average molecular weight is 379 g/mol. The van der Waals surface area contributed by atoms with Gasteiger partial charge in [0, 0.05) is 6.04 Å². The minimum atomic E-state index is -1.61. The van der Waals surface area contributed by atoms with Gasteiger partial charge in [-0.25, -0.2) is 9.18 Å². The first-order chi connectivity index (χ1) is 10.8. The maximum Gasteiger partial charge on any atom is 0.410 e. The SMILES string of the molecule is O=C(OCC(Cl)(Cl)Cl)N1C2C=C(c3ccc(F)cc3)CC1CC2. The molecule has 0 N–H and O–H groups in total. The number of halogens is 4. The Bertz CT molecular complexity index is 627. The molecule has 124 valence electrons. The van der Waals surface area contributed by atoms with E-state index in [-0.39, 0.29) is 24.5 Å². The lowest BCUT2D eigenvalue weighted by Crippen LogP contribution is -2.44. The van der Waals surface area contributed by atoms with Gasteiger partial charge < -0.3 is 4.74 Å². The van der Waals surface area contributed by atoms with Gasteiger partial charge in [-0.1, -0.05) is 53.0 Å². The van der Waals surface area contributed by atoms with E-state index >= 15 is 0 Å². The molecule has 1 aromatic rings. The molecule has 0 radical (unpaired) electrons. The van der Waals surface area contributed by atoms with Gasteiger partial charge in [0.25, 0.3) is 0 Å². The van der Waals surface area contributed by atoms with Crippen molar-refractivity contribution in [1.82, 2.24) is 4.90 Å². The molecule has 1 amide bonds. The number of carbonyl (C=O) groups is 1. The van der Waals surface area contributed by atoms with E-state index in [1.165, 1.54) is 12.1 Å². The van der Waals surface area contributed by atoms with Crippen LogP contribution in [-0.4, -0.2) is 33.5 Å². The number of amides is 1. The van der Waals surface area contributed by atoms with E-state index in [1.54, 1.807) is 17.0 Å². The maximum absolute atomic E-state index is 13.0. The fourth-order valence-corrected chi connectivity index (χ4v) is 3.37. The predicted octanol–water partition coefficient (Wildman–Crippen LogP) is 4.95. The van der Waals surface area contributed by atoms with Gasteiger partial charge in [0.05, 0.1) is 6.04 Å². The van der Waals surface area contributed by atoms with E-state index < -0.39 is 9.89 Å². The number of hydrogen-bond acceptors (Lipinski definition) is 2. The van der Waals surface area contributed by atoms with Crippen molar-refractivity contribution in [2.45, 2.75) is 35.1 Å². The molecule has 2 atom stereocenters. The number of nitrogens with zero attached hydrogens (tertiary/aromatic N) is 1. The molecule has 3 nitrogen and oxygen atoms in total. The zero-order valence-electron chi connectivity index (χ0n) is 12.1. The molecule has 1 fully saturated rings. The van der Waals surface area contributed by atoms with Crippen molar-refractivity contribution < 1.29 is 13.9 Å². The molecular weight excluding hydrogens is 364 g/mol. The molecule has 2 bridgehead atoms. The standard InChI is InChI=1S/C16H15Cl3FNO2/c17-16(18,19)9-23-15(22)21-13-5-6-14(21)8-11(7-13)10-1-3-12(20)4-2-10/h1-4,7,13-14H,5-6,8-9H2. The van der Waals surface area contributed by atoms with E-state index in [0.717, 1.165) is 24.0 Å². The van der Waals surface area contributed by atoms with Crippen molar-refractivity contribution >= 4 is 46.5 Å². The van der Waals surface area contributed by atoms with Crippen LogP contribution in [0, 0.1) is 5.82 Å². The van der Waals surface area contributed by atoms with Crippen molar-refractivity contribution in [3.8, 4) is 0 Å². The highest BCUT2D eigenvalue weighted by molar-refractivity contribution is 6.67. The third-order valence-electron chi connectivity index (χ3n) is 4.18. The molecule has 7 heteroatoms. The van der Waals surface area contributed by atoms with Gasteiger partial charge in [-0.2, -0.15) is 0 Å². The average Bonchev–Trinajstić information content (AvgIpc) is 2.75. The van der Waals surface area contributed by atoms with Crippen molar-refractivity contribution in [3.63, 3.8) is 0 Å². The first kappa shape index (κ1) is 16.9. The molecule has 0 aromatic heterocycles. The van der Waals surface area contributed by atoms with Crippen LogP contribution < -0.4 is 0 Å². The number of hydrogen-bond donors (Lipinski definition) is 0. The summed E-state index contributed by atoms with van der Waals surface area (Å²) >= 11 is 16.8. The summed E-state index contributed by atoms with van der Waals surface area (Å²) < 4.78 is 16.5. The van der Waals surface area contributed by atoms with Crippen LogP contribution in [0.2, 0.25) is 0 Å². The smallest absolute Gasteiger partial charge is 0.410 e. The highest BCUT2D eigenvalue weighted by Crippen LogP contribution is 2.39. The lowest BCUT2D eigenvalue weighted by atomic mass is 9.95. The summed E-state index contributed by atoms with van der Waals surface area (Å²) in [6, 6.07) is 6.44. The van der Waals surface area contributed by atoms with E-state index in [9.17, 15) is 9.18 Å². The van der Waals surface area contributed by atoms with Gasteiger partial charge in [0.1, 0.15) is 12.4 Å². The lowest BCUT2D eigenvalue weighted by molar-refractivity contribution is 0.0904. The van der Waals surface area contributed by atoms with Crippen LogP contribution >= 0.6 is 34.8 Å². The summed E-state index contributed by atoms with van der Waals surface area (Å²) in [5.41, 5.74) is 2.11. The number of fused-ring (bicyclic) bond motifs is 2. The molecule has 2 aliphatic heterocycles. The molecule has 0 spiro atoms. The Labute approximate surface area is 148 Å². The van der Waals surface area contributed by atoms with Gasteiger partial charge in [-0.05, 0) is 42.5 Å². The van der Waals surface area contributed by atoms with Crippen LogP contribution in [0.5, 0.6) is 0 Å². The first-order valence-corrected chi connectivity index (χ1v) is 8.45. The van der Waals surface area contributed by atoms with Gasteiger partial charge in [0.15, 0.2) is 0 Å². The Kier molecular flexibility index (Phi) is 4.77. The van der Waals surface area contributed by atoms with Gasteiger partial charge >= 0.3 is 6.09 Å². The zero-order valence-corrected chi connectivity index (χ0v) is 14.4. The Hall–Kier alpha value is -0.970. The highest BCUT2D eigenvalue weighted by Gasteiger charge is 2.41. The number of alkyl halides is 3. The fraction of sp³-hybridized carbons (Fsp3) is 0.438. The van der Waals surface area contributed by atoms with E-state index in [0.29, 0.717) is 6.42 Å². The molecule has 3 rings (SSSR count). The van der Waals surface area contributed by atoms with Crippen molar-refractivity contribution in [2.24, 2.45) is 0 Å². The second kappa shape index (κ2) is 6.50. The van der Waals surface area contributed by atoms with Crippen LogP contribution in [0.25, 0.3) is 5.57 Å². The zero-order chi connectivity index (χ0) is 16.6. The third-order valence-corrected chi connectivity index (χ3v) is 4.51. The van der Waals surface area contributed by atoms with Crippen molar-refractivity contribution in [3.05, 3.63) is 41.7 Å². The van der Waals surface area contributed by atoms with E-state index in [2.05, 4.69) is 0 Å². The lowest BCUT2D eigenvalue weighted by Gasteiger charge is -2.33. The van der Waals surface area contributed by atoms with Crippen LogP contribution in [0.4, 0.5) is 9.18 Å². The largest absolute Gasteiger partial charge is 0.445 e. The van der Waals surface area contributed by atoms with Gasteiger partial charge in [0.2, 0.25) is 3.79 Å². The molecular formula is C16H15Cl3FNO2. The molecule has 1 saturated heterocycles. The predicted molar refractivity (Wildman–Crippen MR) is 89.3 cm³/mol. The number of ether oxygens (including phenoxy) is 1. The fourth-order valence-electron chi connectivity index (χ4n) is 3.21. The van der Waals surface area contributed by atoms with Gasteiger partial charge in [-0.3, -0.25) is 4.90 Å². The molecule has 1 aromatic carbocycles. The summed E-state index contributed by atoms with van der Waals surface area (Å²) in [6.07, 6.45) is 4.07. The Morgan fingerprint density at radius 2 is 1.96 bits per heavy atom. The summed E-state index contributed by atoms with van der Waals surface area (Å²) in [5, 5.41) is 0. The first-order valence-electron chi connectivity index (χ1n) is 7.32. The Balaban J connectivity index is 1.73. The molecule has 0 saturated carbocycles. The number of rotatable bonds is 2. The molecule has 2 unspecified atom stereocenters. The summed E-state index contributed by atoms with van der Waals surface area (Å²) in [7, 11) is 0. The minimum absolute atomic E-state index is 0.0309. The summed E-state index contributed by atoms with van der Waals surface area (Å²) in [6.45, 7) is -0.277. The van der Waals surface area contributed by atoms with E-state index in [4.69, 9.17) is 39.5 Å². The quantitative estimate of drug-likeness (QED) is 0.681. The van der Waals surface area contributed by atoms with Crippen LogP contribution in [0.1, 0.15) is 24.8 Å². The molecule has 23 heavy (non-hydrogen) atoms. The summed E-state index contributed by atoms with van der Waals surface area (Å²) in [5.74, 6) is -0.259. The summed E-state index contributed by atoms with van der Waals surface area (Å²) in [4.78, 5) is 14.0. The second-order valence-electron chi connectivity index (χ2n) is 5.78. The molecule has 0 aliphatic carbocycles. The van der Waals surface area contributed by atoms with E-state index in [1.807, 2.05) is 6.08 Å². The Morgan fingerprint density at radius 3 is 2.57 bits per heavy atom. The van der Waals surface area contributed by atoms with Crippen LogP contribution in [0.3, 0.4) is 0 Å². The van der Waals surface area contributed by atoms with Gasteiger partial charge in [-0.15, -0.1) is 0 Å². The van der Waals surface area contributed by atoms with Crippen LogP contribution in [-0.2, 0) is 4.74 Å². The molecule has 2 heterocycles. The van der Waals surface area contributed by atoms with Crippen LogP contribution in [0.15, 0.2) is 30.3 Å². The normalized spacial score (nSPS) is 23.7. The van der Waals surface area contributed by atoms with Crippen molar-refractivity contribution in [1.29, 1.82) is 0 Å². The highest BCUT2D eigenvalue weighted by atomic mass is 35.6. The van der Waals surface area contributed by atoms with Crippen molar-refractivity contribution in [2.75, 3.05) is 6.61 Å². The Morgan fingerprint density at radius 1 is 1.26 bits per heavy atom. The number of carbonyl (C=O) groups excluding carboxylic acids is 1. The monoisotopic (exact) mass is 377 g/mol. The maximum atomic E-state index is 13.0. The second-order valence-corrected chi connectivity index (χ2v) is 8.29. The topological polar surface area (TPSA) is 29.5 Å².